The first-order valence-corrected chi connectivity index (χ1v) is 8.14. The lowest BCUT2D eigenvalue weighted by Gasteiger charge is -2.28. The van der Waals surface area contributed by atoms with Crippen LogP contribution in [0.15, 0.2) is 0 Å². The summed E-state index contributed by atoms with van der Waals surface area (Å²) in [6.45, 7) is 0.519. The number of hydrogen-bond donors (Lipinski definition) is 2. The van der Waals surface area contributed by atoms with Gasteiger partial charge < -0.3 is 10.4 Å². The highest BCUT2D eigenvalue weighted by Crippen LogP contribution is 2.25. The summed E-state index contributed by atoms with van der Waals surface area (Å²) in [5, 5.41) is 12.1. The topological polar surface area (TPSA) is 52.6 Å². The second kappa shape index (κ2) is 7.64. The molecule has 1 aliphatic carbocycles. The first kappa shape index (κ1) is 17.5. The number of nitrogens with one attached hydrogen (secondary N) is 1. The van der Waals surface area contributed by atoms with Crippen LogP contribution in [0.5, 0.6) is 0 Å². The first-order valence-electron chi connectivity index (χ1n) is 8.14. The number of hydrogen-bond acceptors (Lipinski definition) is 3. The molecule has 2 aliphatic rings. The maximum atomic E-state index is 12.4. The Morgan fingerprint density at radius 3 is 2.50 bits per heavy atom. The van der Waals surface area contributed by atoms with E-state index < -0.39 is 24.9 Å². The fraction of sp³-hybridized carbons (Fsp3) is 0.933. The number of aliphatic hydroxyl groups excluding tert-OH is 1. The minimum Gasteiger partial charge on any atom is -0.382 e. The number of nitrogens with zero attached hydrogens (tertiary/aromatic N) is 1. The smallest absolute Gasteiger partial charge is 0.382 e. The van der Waals surface area contributed by atoms with Crippen LogP contribution in [-0.2, 0) is 4.79 Å². The molecule has 0 bridgehead atoms. The average molecular weight is 322 g/mol. The second-order valence-corrected chi connectivity index (χ2v) is 6.46. The van der Waals surface area contributed by atoms with Crippen molar-refractivity contribution in [1.29, 1.82) is 0 Å². The van der Waals surface area contributed by atoms with E-state index in [2.05, 4.69) is 5.32 Å². The summed E-state index contributed by atoms with van der Waals surface area (Å²) in [4.78, 5) is 13.7. The lowest BCUT2D eigenvalue weighted by Crippen LogP contribution is -2.49. The van der Waals surface area contributed by atoms with Gasteiger partial charge in [-0.2, -0.15) is 13.2 Å². The fourth-order valence-corrected chi connectivity index (χ4v) is 3.42. The minimum absolute atomic E-state index is 0.197. The van der Waals surface area contributed by atoms with Crippen molar-refractivity contribution in [2.24, 2.45) is 5.92 Å². The molecule has 1 saturated heterocycles. The highest BCUT2D eigenvalue weighted by Gasteiger charge is 2.42. The van der Waals surface area contributed by atoms with Crippen molar-refractivity contribution in [2.75, 3.05) is 19.6 Å². The summed E-state index contributed by atoms with van der Waals surface area (Å²) in [6, 6.07) is -0.541. The van der Waals surface area contributed by atoms with E-state index >= 15 is 0 Å². The number of aliphatic hydroxyl groups is 1. The maximum Gasteiger partial charge on any atom is 0.415 e. The van der Waals surface area contributed by atoms with Crippen molar-refractivity contribution in [3.05, 3.63) is 0 Å². The quantitative estimate of drug-likeness (QED) is 0.815. The van der Waals surface area contributed by atoms with Crippen LogP contribution in [0, 0.1) is 5.92 Å². The summed E-state index contributed by atoms with van der Waals surface area (Å²) in [6.07, 6.45) is 0.0684. The molecule has 1 amide bonds. The Morgan fingerprint density at radius 2 is 1.86 bits per heavy atom. The molecular formula is C15H25F3N2O2. The Bertz CT molecular complexity index is 370. The molecule has 0 spiro atoms. The van der Waals surface area contributed by atoms with E-state index in [9.17, 15) is 23.1 Å². The molecular weight excluding hydrogens is 297 g/mol. The molecule has 2 fully saturated rings. The van der Waals surface area contributed by atoms with Crippen LogP contribution in [0.1, 0.15) is 44.9 Å². The third kappa shape index (κ3) is 4.84. The molecule has 1 heterocycles. The molecule has 1 saturated carbocycles. The van der Waals surface area contributed by atoms with Gasteiger partial charge in [-0.1, -0.05) is 19.3 Å². The Labute approximate surface area is 129 Å². The Hall–Kier alpha value is -0.820. The minimum atomic E-state index is -4.63. The summed E-state index contributed by atoms with van der Waals surface area (Å²) in [5.74, 6) is 0.297. The van der Waals surface area contributed by atoms with Gasteiger partial charge in [0.05, 0.1) is 6.04 Å². The zero-order valence-electron chi connectivity index (χ0n) is 12.7. The van der Waals surface area contributed by atoms with Gasteiger partial charge in [0.2, 0.25) is 5.91 Å². The van der Waals surface area contributed by atoms with Gasteiger partial charge in [0.15, 0.2) is 6.10 Å². The van der Waals surface area contributed by atoms with Crippen molar-refractivity contribution in [2.45, 2.75) is 63.3 Å². The van der Waals surface area contributed by atoms with Gasteiger partial charge in [0, 0.05) is 13.1 Å². The van der Waals surface area contributed by atoms with Crippen molar-refractivity contribution in [3.8, 4) is 0 Å². The molecule has 4 nitrogen and oxygen atoms in total. The van der Waals surface area contributed by atoms with E-state index in [1.807, 2.05) is 0 Å². The number of rotatable bonds is 5. The van der Waals surface area contributed by atoms with Crippen LogP contribution < -0.4 is 5.32 Å². The molecule has 0 aromatic heterocycles. The van der Waals surface area contributed by atoms with E-state index in [4.69, 9.17) is 0 Å². The van der Waals surface area contributed by atoms with Gasteiger partial charge in [0.25, 0.3) is 0 Å². The van der Waals surface area contributed by atoms with E-state index in [0.717, 1.165) is 12.8 Å². The summed E-state index contributed by atoms with van der Waals surface area (Å²) >= 11 is 0. The van der Waals surface area contributed by atoms with E-state index in [1.54, 1.807) is 0 Å². The molecule has 0 aromatic carbocycles. The molecule has 128 valence electrons. The number of amides is 1. The number of β-amino-alcohol motifs (C(OH)–C–C–N with tert-alkyl or cyclic N) is 1. The molecule has 2 N–H and O–H groups in total. The summed E-state index contributed by atoms with van der Waals surface area (Å²) in [7, 11) is 0. The predicted octanol–water partition coefficient (Wildman–Crippen LogP) is 2.07. The number of halogens is 3. The molecule has 22 heavy (non-hydrogen) atoms. The molecule has 2 rings (SSSR count). The van der Waals surface area contributed by atoms with Gasteiger partial charge >= 0.3 is 6.18 Å². The van der Waals surface area contributed by atoms with Crippen molar-refractivity contribution in [1.82, 2.24) is 10.2 Å². The maximum absolute atomic E-state index is 12.4. The van der Waals surface area contributed by atoms with Gasteiger partial charge in [-0.3, -0.25) is 9.69 Å². The zero-order valence-corrected chi connectivity index (χ0v) is 12.7. The third-order valence-corrected chi connectivity index (χ3v) is 4.74. The predicted molar refractivity (Wildman–Crippen MR) is 76.2 cm³/mol. The Kier molecular flexibility index (Phi) is 6.09. The standard InChI is InChI=1S/C15H25F3N2O2/c16-15(17,18)13(21)10-20-8-4-7-12(20)14(22)19-9-11-5-2-1-3-6-11/h11-13,21H,1-10H2,(H,19,22)/t12-,13+/m0/s1. The van der Waals surface area contributed by atoms with Gasteiger partial charge in [-0.25, -0.2) is 0 Å². The molecule has 0 radical (unpaired) electrons. The average Bonchev–Trinajstić information content (AvgIpc) is 2.93. The molecule has 2 atom stereocenters. The number of carbonyl (C=O) groups excluding carboxylic acids is 1. The third-order valence-electron chi connectivity index (χ3n) is 4.74. The number of carbonyl (C=O) groups is 1. The van der Waals surface area contributed by atoms with Crippen molar-refractivity contribution < 1.29 is 23.1 Å². The van der Waals surface area contributed by atoms with Crippen LogP contribution in [0.3, 0.4) is 0 Å². The highest BCUT2D eigenvalue weighted by atomic mass is 19.4. The van der Waals surface area contributed by atoms with Crippen LogP contribution in [-0.4, -0.2) is 53.9 Å². The molecule has 1 aliphatic heterocycles. The van der Waals surface area contributed by atoms with E-state index in [-0.39, 0.29) is 5.91 Å². The van der Waals surface area contributed by atoms with Gasteiger partial charge in [0.1, 0.15) is 0 Å². The van der Waals surface area contributed by atoms with Gasteiger partial charge in [-0.05, 0) is 38.1 Å². The van der Waals surface area contributed by atoms with Crippen LogP contribution in [0.2, 0.25) is 0 Å². The SMILES string of the molecule is O=C(NCC1CCCCC1)[C@@H]1CCCN1C[C@@H](O)C(F)(F)F. The lowest BCUT2D eigenvalue weighted by atomic mass is 9.89. The number of alkyl halides is 3. The summed E-state index contributed by atoms with van der Waals surface area (Å²) in [5.41, 5.74) is 0. The Balaban J connectivity index is 1.80. The van der Waals surface area contributed by atoms with Crippen LogP contribution in [0.25, 0.3) is 0 Å². The number of likely N-dealkylation sites (tertiary alicyclic amines) is 1. The van der Waals surface area contributed by atoms with E-state index in [1.165, 1.54) is 24.2 Å². The fourth-order valence-electron chi connectivity index (χ4n) is 3.42. The largest absolute Gasteiger partial charge is 0.415 e. The van der Waals surface area contributed by atoms with Gasteiger partial charge in [-0.15, -0.1) is 0 Å². The van der Waals surface area contributed by atoms with E-state index in [0.29, 0.717) is 31.8 Å². The van der Waals surface area contributed by atoms with Crippen molar-refractivity contribution in [3.63, 3.8) is 0 Å². The first-order chi connectivity index (χ1) is 10.4. The molecule has 0 aromatic rings. The highest BCUT2D eigenvalue weighted by molar-refractivity contribution is 5.82. The normalized spacial score (nSPS) is 26.1. The van der Waals surface area contributed by atoms with Crippen molar-refractivity contribution >= 4 is 5.91 Å². The monoisotopic (exact) mass is 322 g/mol. The van der Waals surface area contributed by atoms with Crippen LogP contribution in [0.4, 0.5) is 13.2 Å². The van der Waals surface area contributed by atoms with Crippen LogP contribution >= 0.6 is 0 Å². The zero-order chi connectivity index (χ0) is 16.2. The molecule has 7 heteroatoms. The lowest BCUT2D eigenvalue weighted by molar-refractivity contribution is -0.208. The molecule has 0 unspecified atom stereocenters. The second-order valence-electron chi connectivity index (χ2n) is 6.46. The Morgan fingerprint density at radius 1 is 1.18 bits per heavy atom. The summed E-state index contributed by atoms with van der Waals surface area (Å²) < 4.78 is 37.3.